The predicted molar refractivity (Wildman–Crippen MR) is 151 cm³/mol. The van der Waals surface area contributed by atoms with Crippen molar-refractivity contribution in [1.29, 1.82) is 0 Å². The van der Waals surface area contributed by atoms with Crippen LogP contribution in [0.5, 0.6) is 5.75 Å². The van der Waals surface area contributed by atoms with Crippen molar-refractivity contribution in [2.24, 2.45) is 0 Å². The van der Waals surface area contributed by atoms with Gasteiger partial charge in [-0.3, -0.25) is 9.36 Å². The molecule has 10 nitrogen and oxygen atoms in total. The molecule has 0 amide bonds. The fourth-order valence-corrected chi connectivity index (χ4v) is 4.42. The van der Waals surface area contributed by atoms with Crippen molar-refractivity contribution in [2.45, 2.75) is 26.3 Å². The number of unbranched alkanes of at least 4 members (excludes halogenated alkanes) is 1. The Morgan fingerprint density at radius 2 is 1.77 bits per heavy atom. The van der Waals surface area contributed by atoms with E-state index in [4.69, 9.17) is 9.84 Å². The highest BCUT2D eigenvalue weighted by molar-refractivity contribution is 5.80. The number of para-hydroxylation sites is 1. The van der Waals surface area contributed by atoms with Crippen molar-refractivity contribution in [3.63, 3.8) is 0 Å². The number of rotatable bonds is 10. The average Bonchev–Trinajstić information content (AvgIpc) is 3.61. The summed E-state index contributed by atoms with van der Waals surface area (Å²) in [5.74, 6) is -0.160. The first kappa shape index (κ1) is 26.4. The lowest BCUT2D eigenvalue weighted by Crippen LogP contribution is -2.31. The standard InChI is InChI=1S/C30H28N6O4/c1-2-3-12-27-31-25(17-22-8-4-7-11-26(22)40-19-28(37)38)30(39)36(27)18-20-13-15-21(16-14-20)23-9-5-6-10-24(23)29-32-34-35-33-29/h4-17,31H,2-3,18-19H2,1H3,(H,37,38)(H,32,33,34,35). The summed E-state index contributed by atoms with van der Waals surface area (Å²) in [5, 5.41) is 23.8. The van der Waals surface area contributed by atoms with Crippen molar-refractivity contribution >= 4 is 18.1 Å². The normalized spacial score (nSPS) is 12.1. The summed E-state index contributed by atoms with van der Waals surface area (Å²) in [6, 6.07) is 22.9. The van der Waals surface area contributed by atoms with Crippen molar-refractivity contribution in [1.82, 2.24) is 30.2 Å². The molecule has 0 bridgehead atoms. The smallest absolute Gasteiger partial charge is 0.341 e. The van der Waals surface area contributed by atoms with Gasteiger partial charge in [0, 0.05) is 11.1 Å². The van der Waals surface area contributed by atoms with E-state index in [1.807, 2.05) is 60.7 Å². The topological polar surface area (TPSA) is 139 Å². The Morgan fingerprint density at radius 1 is 1.02 bits per heavy atom. The van der Waals surface area contributed by atoms with Gasteiger partial charge in [-0.15, -0.1) is 10.2 Å². The molecular formula is C30H28N6O4. The fourth-order valence-electron chi connectivity index (χ4n) is 4.42. The van der Waals surface area contributed by atoms with Crippen LogP contribution < -0.4 is 21.1 Å². The highest BCUT2D eigenvalue weighted by Gasteiger charge is 2.12. The zero-order valence-electron chi connectivity index (χ0n) is 21.9. The minimum Gasteiger partial charge on any atom is -0.481 e. The first-order valence-electron chi connectivity index (χ1n) is 12.9. The van der Waals surface area contributed by atoms with Crippen LogP contribution in [-0.4, -0.2) is 47.9 Å². The number of carboxylic acid groups (broad SMARTS) is 1. The van der Waals surface area contributed by atoms with Crippen molar-refractivity contribution in [3.05, 3.63) is 105 Å². The summed E-state index contributed by atoms with van der Waals surface area (Å²) in [4.78, 5) is 27.8. The molecule has 0 radical (unpaired) electrons. The van der Waals surface area contributed by atoms with Crippen molar-refractivity contribution in [3.8, 4) is 28.3 Å². The van der Waals surface area contributed by atoms with E-state index < -0.39 is 12.6 Å². The molecule has 0 aliphatic carbocycles. The Hall–Kier alpha value is -5.25. The minimum absolute atomic E-state index is 0.179. The van der Waals surface area contributed by atoms with E-state index in [-0.39, 0.29) is 5.56 Å². The number of aliphatic carboxylic acids is 1. The molecule has 0 fully saturated rings. The highest BCUT2D eigenvalue weighted by Crippen LogP contribution is 2.29. The lowest BCUT2D eigenvalue weighted by Gasteiger charge is -2.08. The van der Waals surface area contributed by atoms with Gasteiger partial charge < -0.3 is 14.8 Å². The number of ether oxygens (including phenoxy) is 1. The molecule has 0 atom stereocenters. The van der Waals surface area contributed by atoms with E-state index in [1.165, 1.54) is 0 Å². The number of nitrogens with zero attached hydrogens (tertiary/aromatic N) is 4. The Labute approximate surface area is 229 Å². The minimum atomic E-state index is -1.07. The van der Waals surface area contributed by atoms with Crippen molar-refractivity contribution < 1.29 is 14.6 Å². The molecule has 2 aromatic heterocycles. The van der Waals surface area contributed by atoms with Gasteiger partial charge in [-0.25, -0.2) is 4.79 Å². The molecular weight excluding hydrogens is 508 g/mol. The molecule has 0 spiro atoms. The zero-order chi connectivity index (χ0) is 27.9. The maximum atomic E-state index is 13.5. The SMILES string of the molecule is CCCC=c1[nH]c(=Cc2ccccc2OCC(=O)O)c(=O)n1Cc1ccc(-c2ccccc2-c2nn[nH]n2)cc1. The summed E-state index contributed by atoms with van der Waals surface area (Å²) in [6.07, 6.45) is 5.45. The average molecular weight is 537 g/mol. The van der Waals surface area contributed by atoms with Crippen LogP contribution in [0, 0.1) is 0 Å². The number of tetrazole rings is 1. The predicted octanol–water partition coefficient (Wildman–Crippen LogP) is 2.94. The largest absolute Gasteiger partial charge is 0.481 e. The van der Waals surface area contributed by atoms with Gasteiger partial charge in [0.1, 0.15) is 16.6 Å². The number of aromatic nitrogens is 6. The van der Waals surface area contributed by atoms with Gasteiger partial charge in [-0.2, -0.15) is 5.21 Å². The molecule has 10 heteroatoms. The second-order valence-electron chi connectivity index (χ2n) is 9.15. The van der Waals surface area contributed by atoms with Gasteiger partial charge in [0.05, 0.1) is 6.54 Å². The Balaban J connectivity index is 1.48. The summed E-state index contributed by atoms with van der Waals surface area (Å²) in [5.41, 5.74) is 4.96. The van der Waals surface area contributed by atoms with Crippen LogP contribution in [-0.2, 0) is 11.3 Å². The number of aromatic amines is 2. The summed E-state index contributed by atoms with van der Waals surface area (Å²) < 4.78 is 7.13. The number of carbonyl (C=O) groups is 1. The van der Waals surface area contributed by atoms with Gasteiger partial charge in [-0.1, -0.05) is 80.1 Å². The van der Waals surface area contributed by atoms with Crippen LogP contribution >= 0.6 is 0 Å². The van der Waals surface area contributed by atoms with Crippen molar-refractivity contribution in [2.75, 3.05) is 6.61 Å². The van der Waals surface area contributed by atoms with E-state index in [2.05, 4.69) is 32.5 Å². The van der Waals surface area contributed by atoms with Gasteiger partial charge >= 0.3 is 5.97 Å². The Bertz CT molecular complexity index is 1790. The van der Waals surface area contributed by atoms with E-state index in [1.54, 1.807) is 28.8 Å². The Morgan fingerprint density at radius 3 is 2.50 bits per heavy atom. The van der Waals surface area contributed by atoms with E-state index >= 15 is 0 Å². The number of benzene rings is 3. The van der Waals surface area contributed by atoms with Crippen LogP contribution in [0.4, 0.5) is 0 Å². The number of hydrogen-bond donors (Lipinski definition) is 3. The molecule has 5 aromatic rings. The quantitative estimate of drug-likeness (QED) is 0.249. The van der Waals surface area contributed by atoms with Crippen LogP contribution in [0.3, 0.4) is 0 Å². The zero-order valence-corrected chi connectivity index (χ0v) is 21.9. The third kappa shape index (κ3) is 5.91. The van der Waals surface area contributed by atoms with Crippen LogP contribution in [0.25, 0.3) is 34.7 Å². The van der Waals surface area contributed by atoms with E-state index in [0.717, 1.165) is 35.1 Å². The number of carboxylic acids is 1. The maximum Gasteiger partial charge on any atom is 0.341 e. The lowest BCUT2D eigenvalue weighted by molar-refractivity contribution is -0.139. The number of imidazole rings is 1. The number of hydrogen-bond acceptors (Lipinski definition) is 6. The summed E-state index contributed by atoms with van der Waals surface area (Å²) in [7, 11) is 0. The second-order valence-corrected chi connectivity index (χ2v) is 9.15. The van der Waals surface area contributed by atoms with Gasteiger partial charge in [0.15, 0.2) is 6.61 Å². The van der Waals surface area contributed by atoms with Gasteiger partial charge in [0.25, 0.3) is 5.56 Å². The third-order valence-corrected chi connectivity index (χ3v) is 6.34. The fraction of sp³-hybridized carbons (Fsp3) is 0.167. The molecule has 0 unspecified atom stereocenters. The molecule has 40 heavy (non-hydrogen) atoms. The highest BCUT2D eigenvalue weighted by atomic mass is 16.5. The van der Waals surface area contributed by atoms with E-state index in [9.17, 15) is 9.59 Å². The second kappa shape index (κ2) is 12.1. The van der Waals surface area contributed by atoms with Crippen LogP contribution in [0.2, 0.25) is 0 Å². The van der Waals surface area contributed by atoms with E-state index in [0.29, 0.717) is 34.5 Å². The molecule has 2 heterocycles. The molecule has 5 rings (SSSR count). The molecule has 3 aromatic carbocycles. The Kier molecular flexibility index (Phi) is 7.96. The third-order valence-electron chi connectivity index (χ3n) is 6.34. The van der Waals surface area contributed by atoms with Crippen LogP contribution in [0.15, 0.2) is 77.6 Å². The lowest BCUT2D eigenvalue weighted by atomic mass is 9.98. The molecule has 0 aliphatic heterocycles. The molecule has 0 saturated carbocycles. The molecule has 0 aliphatic rings. The summed E-state index contributed by atoms with van der Waals surface area (Å²) >= 11 is 0. The first-order chi connectivity index (χ1) is 19.5. The number of nitrogens with one attached hydrogen (secondary N) is 2. The van der Waals surface area contributed by atoms with Crippen LogP contribution in [0.1, 0.15) is 30.9 Å². The number of H-pyrrole nitrogens is 2. The molecule has 0 saturated heterocycles. The molecule has 202 valence electrons. The maximum absolute atomic E-state index is 13.5. The first-order valence-corrected chi connectivity index (χ1v) is 12.9. The van der Waals surface area contributed by atoms with Gasteiger partial charge in [-0.05, 0) is 46.5 Å². The molecule has 3 N–H and O–H groups in total. The monoisotopic (exact) mass is 536 g/mol. The van der Waals surface area contributed by atoms with Gasteiger partial charge in [0.2, 0.25) is 5.82 Å². The summed E-state index contributed by atoms with van der Waals surface area (Å²) in [6.45, 7) is 1.99.